The molecule has 0 radical (unpaired) electrons. The Morgan fingerprint density at radius 1 is 0.833 bits per heavy atom. The molecule has 0 unspecified atom stereocenters. The minimum Gasteiger partial charge on any atom is -0.207 e. The van der Waals surface area contributed by atoms with Crippen LogP contribution in [0.5, 0.6) is 0 Å². The highest BCUT2D eigenvalue weighted by Crippen LogP contribution is 2.27. The van der Waals surface area contributed by atoms with Crippen molar-refractivity contribution < 1.29 is 4.42 Å². The molecule has 3 rings (SSSR count). The van der Waals surface area contributed by atoms with E-state index in [4.69, 9.17) is 4.42 Å². The van der Waals surface area contributed by atoms with Crippen LogP contribution in [0, 0.1) is 13.8 Å². The van der Waals surface area contributed by atoms with E-state index >= 15 is 0 Å². The first-order valence-corrected chi connectivity index (χ1v) is 6.13. The van der Waals surface area contributed by atoms with E-state index < -0.39 is 0 Å². The molecular formula is C17H15O+. The topological polar surface area (TPSA) is 11.3 Å². The standard InChI is InChI=1S/C17H15O/c1-12-8-9-16-15(10-12)13(2)11-17(18-16)14-6-4-3-5-7-14/h3-11H,1-2H3/q+1. The van der Waals surface area contributed by atoms with E-state index in [0.29, 0.717) is 0 Å². The molecule has 0 N–H and O–H groups in total. The maximum atomic E-state index is 5.98. The molecule has 0 aliphatic carbocycles. The SMILES string of the molecule is Cc1ccc2[o+]c(-c3ccccc3)cc(C)c2c1. The Morgan fingerprint density at radius 3 is 2.39 bits per heavy atom. The molecule has 0 bridgehead atoms. The van der Waals surface area contributed by atoms with Crippen LogP contribution in [0.15, 0.2) is 59.0 Å². The molecular weight excluding hydrogens is 220 g/mol. The van der Waals surface area contributed by atoms with Crippen LogP contribution in [0.3, 0.4) is 0 Å². The third-order valence-electron chi connectivity index (χ3n) is 3.19. The number of aryl methyl sites for hydroxylation is 2. The van der Waals surface area contributed by atoms with Gasteiger partial charge in [-0.25, -0.2) is 4.42 Å². The summed E-state index contributed by atoms with van der Waals surface area (Å²) in [6.07, 6.45) is 0. The number of fused-ring (bicyclic) bond motifs is 1. The zero-order chi connectivity index (χ0) is 12.5. The van der Waals surface area contributed by atoms with Crippen LogP contribution in [0.1, 0.15) is 11.1 Å². The highest BCUT2D eigenvalue weighted by molar-refractivity contribution is 5.83. The van der Waals surface area contributed by atoms with E-state index in [9.17, 15) is 0 Å². The van der Waals surface area contributed by atoms with Crippen molar-refractivity contribution in [2.24, 2.45) is 0 Å². The molecule has 0 saturated heterocycles. The third kappa shape index (κ3) is 1.88. The zero-order valence-electron chi connectivity index (χ0n) is 10.6. The molecule has 1 heteroatoms. The van der Waals surface area contributed by atoms with Gasteiger partial charge in [-0.15, -0.1) is 0 Å². The summed E-state index contributed by atoms with van der Waals surface area (Å²) in [5.74, 6) is 0.921. The summed E-state index contributed by atoms with van der Waals surface area (Å²) < 4.78 is 5.98. The second-order valence-electron chi connectivity index (χ2n) is 4.66. The van der Waals surface area contributed by atoms with Crippen molar-refractivity contribution in [3.63, 3.8) is 0 Å². The molecule has 0 atom stereocenters. The third-order valence-corrected chi connectivity index (χ3v) is 3.19. The van der Waals surface area contributed by atoms with Crippen LogP contribution in [0.25, 0.3) is 22.3 Å². The van der Waals surface area contributed by atoms with Gasteiger partial charge < -0.3 is 0 Å². The Labute approximate surface area is 107 Å². The number of rotatable bonds is 1. The largest absolute Gasteiger partial charge is 0.361 e. The van der Waals surface area contributed by atoms with E-state index in [1.54, 1.807) is 0 Å². The molecule has 88 valence electrons. The summed E-state index contributed by atoms with van der Waals surface area (Å²) in [5.41, 5.74) is 4.56. The number of benzene rings is 2. The maximum absolute atomic E-state index is 5.98. The van der Waals surface area contributed by atoms with Crippen LogP contribution < -0.4 is 0 Å². The van der Waals surface area contributed by atoms with Gasteiger partial charge in [0, 0.05) is 12.1 Å². The summed E-state index contributed by atoms with van der Waals surface area (Å²) in [5, 5.41) is 1.19. The Kier molecular flexibility index (Phi) is 2.60. The van der Waals surface area contributed by atoms with Crippen LogP contribution in [-0.2, 0) is 0 Å². The summed E-state index contributed by atoms with van der Waals surface area (Å²) in [7, 11) is 0. The summed E-state index contributed by atoms with van der Waals surface area (Å²) >= 11 is 0. The summed E-state index contributed by atoms with van der Waals surface area (Å²) in [4.78, 5) is 0. The molecule has 1 aromatic heterocycles. The van der Waals surface area contributed by atoms with Gasteiger partial charge in [-0.05, 0) is 49.2 Å². The number of hydrogen-bond acceptors (Lipinski definition) is 0. The molecule has 0 fully saturated rings. The van der Waals surface area contributed by atoms with E-state index in [1.807, 2.05) is 24.3 Å². The lowest BCUT2D eigenvalue weighted by molar-refractivity contribution is 0.619. The maximum Gasteiger partial charge on any atom is 0.361 e. The first-order valence-electron chi connectivity index (χ1n) is 6.13. The lowest BCUT2D eigenvalue weighted by atomic mass is 10.1. The average molecular weight is 235 g/mol. The summed E-state index contributed by atoms with van der Waals surface area (Å²) in [6.45, 7) is 4.23. The molecule has 1 heterocycles. The van der Waals surface area contributed by atoms with Gasteiger partial charge >= 0.3 is 11.3 Å². The smallest absolute Gasteiger partial charge is 0.207 e. The van der Waals surface area contributed by atoms with E-state index in [0.717, 1.165) is 16.9 Å². The molecule has 1 nitrogen and oxygen atoms in total. The van der Waals surface area contributed by atoms with Crippen molar-refractivity contribution in [1.82, 2.24) is 0 Å². The second kappa shape index (κ2) is 4.26. The van der Waals surface area contributed by atoms with Gasteiger partial charge in [0.05, 0.1) is 10.9 Å². The lowest BCUT2D eigenvalue weighted by Gasteiger charge is -1.98. The van der Waals surface area contributed by atoms with Crippen LogP contribution in [0.2, 0.25) is 0 Å². The van der Waals surface area contributed by atoms with Crippen LogP contribution in [0.4, 0.5) is 0 Å². The lowest BCUT2D eigenvalue weighted by Crippen LogP contribution is -1.84. The van der Waals surface area contributed by atoms with E-state index in [-0.39, 0.29) is 0 Å². The molecule has 2 aromatic carbocycles. The average Bonchev–Trinajstić information content (AvgIpc) is 2.40. The van der Waals surface area contributed by atoms with Crippen molar-refractivity contribution in [3.05, 3.63) is 65.7 Å². The van der Waals surface area contributed by atoms with Crippen molar-refractivity contribution in [3.8, 4) is 11.3 Å². The van der Waals surface area contributed by atoms with Gasteiger partial charge in [-0.2, -0.15) is 0 Å². The van der Waals surface area contributed by atoms with Gasteiger partial charge in [-0.3, -0.25) is 0 Å². The predicted octanol–water partition coefficient (Wildman–Crippen LogP) is 5.00. The van der Waals surface area contributed by atoms with Gasteiger partial charge in [-0.1, -0.05) is 18.2 Å². The summed E-state index contributed by atoms with van der Waals surface area (Å²) in [6, 6.07) is 18.6. The molecule has 0 saturated carbocycles. The highest BCUT2D eigenvalue weighted by atomic mass is 16.3. The molecule has 0 aliphatic heterocycles. The van der Waals surface area contributed by atoms with Crippen molar-refractivity contribution in [2.75, 3.05) is 0 Å². The fourth-order valence-electron chi connectivity index (χ4n) is 2.21. The highest BCUT2D eigenvalue weighted by Gasteiger charge is 2.16. The van der Waals surface area contributed by atoms with Crippen LogP contribution >= 0.6 is 0 Å². The van der Waals surface area contributed by atoms with Gasteiger partial charge in [0.2, 0.25) is 0 Å². The monoisotopic (exact) mass is 235 g/mol. The van der Waals surface area contributed by atoms with Gasteiger partial charge in [0.15, 0.2) is 0 Å². The van der Waals surface area contributed by atoms with Crippen molar-refractivity contribution >= 4 is 11.0 Å². The Balaban J connectivity index is 2.25. The quantitative estimate of drug-likeness (QED) is 0.540. The fraction of sp³-hybridized carbons (Fsp3) is 0.118. The fourth-order valence-corrected chi connectivity index (χ4v) is 2.21. The van der Waals surface area contributed by atoms with Crippen molar-refractivity contribution in [1.29, 1.82) is 0 Å². The van der Waals surface area contributed by atoms with Gasteiger partial charge in [0.1, 0.15) is 0 Å². The van der Waals surface area contributed by atoms with Gasteiger partial charge in [0.25, 0.3) is 0 Å². The minimum absolute atomic E-state index is 0.921. The van der Waals surface area contributed by atoms with E-state index in [1.165, 1.54) is 16.5 Å². The second-order valence-corrected chi connectivity index (χ2v) is 4.66. The Hall–Kier alpha value is -2.15. The predicted molar refractivity (Wildman–Crippen MR) is 75.5 cm³/mol. The Bertz CT molecular complexity index is 699. The minimum atomic E-state index is 0.921. The molecule has 0 amide bonds. The van der Waals surface area contributed by atoms with Crippen molar-refractivity contribution in [2.45, 2.75) is 13.8 Å². The normalized spacial score (nSPS) is 10.8. The molecule has 18 heavy (non-hydrogen) atoms. The molecule has 3 aromatic rings. The van der Waals surface area contributed by atoms with E-state index in [2.05, 4.69) is 44.2 Å². The first-order chi connectivity index (χ1) is 8.74. The Morgan fingerprint density at radius 2 is 1.61 bits per heavy atom. The first kappa shape index (κ1) is 11.0. The molecule has 0 spiro atoms. The molecule has 0 aliphatic rings. The zero-order valence-corrected chi connectivity index (χ0v) is 10.6. The number of hydrogen-bond donors (Lipinski definition) is 0. The van der Waals surface area contributed by atoms with Crippen LogP contribution in [-0.4, -0.2) is 0 Å².